The van der Waals surface area contributed by atoms with E-state index in [1.165, 1.54) is 6.42 Å². The zero-order chi connectivity index (χ0) is 4.20. The van der Waals surface area contributed by atoms with Crippen molar-refractivity contribution in [2.45, 2.75) is 13.3 Å². The molecule has 0 saturated heterocycles. The summed E-state index contributed by atoms with van der Waals surface area (Å²) in [6.07, 6.45) is 1.33. The minimum atomic E-state index is 0.528. The van der Waals surface area contributed by atoms with Gasteiger partial charge in [-0.1, -0.05) is 11.8 Å². The van der Waals surface area contributed by atoms with Gasteiger partial charge < -0.3 is 0 Å². The van der Waals surface area contributed by atoms with Crippen molar-refractivity contribution in [1.29, 1.82) is 0 Å². The third-order valence-electron chi connectivity index (χ3n) is 1.77. The highest BCUT2D eigenvalue weighted by Crippen LogP contribution is 2.56. The number of hydrogen-bond donors (Lipinski definition) is 0. The van der Waals surface area contributed by atoms with E-state index >= 15 is 0 Å². The Morgan fingerprint density at radius 2 is 2.50 bits per heavy atom. The molecule has 0 radical (unpaired) electrons. The van der Waals surface area contributed by atoms with Gasteiger partial charge in [0.15, 0.2) is 0 Å². The van der Waals surface area contributed by atoms with Crippen LogP contribution in [0.3, 0.4) is 0 Å². The number of rotatable bonds is 0. The normalized spacial score (nSPS) is 57.2. The lowest BCUT2D eigenvalue weighted by Gasteiger charge is -2.01. The zero-order valence-electron chi connectivity index (χ0n) is 3.78. The lowest BCUT2D eigenvalue weighted by atomic mass is 10.0. The first kappa shape index (κ1) is 2.69. The largest absolute Gasteiger partial charge is 0.0976 e. The molecular weight excluding hydrogens is 72.1 g/mol. The molecule has 2 rings (SSSR count). The molecule has 0 heterocycles. The fourth-order valence-corrected chi connectivity index (χ4v) is 0.888. The van der Waals surface area contributed by atoms with Crippen molar-refractivity contribution in [3.63, 3.8) is 0 Å². The lowest BCUT2D eigenvalue weighted by molar-refractivity contribution is 0.702. The minimum absolute atomic E-state index is 0.528. The summed E-state index contributed by atoms with van der Waals surface area (Å²) in [4.78, 5) is 0. The van der Waals surface area contributed by atoms with Crippen LogP contribution >= 0.6 is 0 Å². The van der Waals surface area contributed by atoms with Crippen LogP contribution in [0.4, 0.5) is 0 Å². The van der Waals surface area contributed by atoms with Gasteiger partial charge in [0.2, 0.25) is 0 Å². The maximum absolute atomic E-state index is 3.11. The van der Waals surface area contributed by atoms with Gasteiger partial charge in [0.1, 0.15) is 0 Å². The first-order valence-corrected chi connectivity index (χ1v) is 2.34. The van der Waals surface area contributed by atoms with Crippen LogP contribution in [-0.2, 0) is 0 Å². The monoisotopic (exact) mass is 78.0 g/mol. The van der Waals surface area contributed by atoms with Gasteiger partial charge in [0.05, 0.1) is 0 Å². The summed E-state index contributed by atoms with van der Waals surface area (Å²) in [6, 6.07) is 0. The molecule has 0 amide bonds. The van der Waals surface area contributed by atoms with Gasteiger partial charge in [-0.3, -0.25) is 0 Å². The first-order chi connectivity index (χ1) is 2.81. The van der Waals surface area contributed by atoms with E-state index in [-0.39, 0.29) is 0 Å². The van der Waals surface area contributed by atoms with Crippen LogP contribution in [0, 0.1) is 23.2 Å². The lowest BCUT2D eigenvalue weighted by Crippen LogP contribution is -1.98. The third-order valence-corrected chi connectivity index (χ3v) is 1.77. The van der Waals surface area contributed by atoms with Gasteiger partial charge in [-0.05, 0) is 13.3 Å². The molecule has 2 atom stereocenters. The SMILES string of the molecule is CC12C#CC1C2. The summed E-state index contributed by atoms with van der Waals surface area (Å²) in [6.45, 7) is 2.23. The van der Waals surface area contributed by atoms with E-state index in [0.717, 1.165) is 5.92 Å². The summed E-state index contributed by atoms with van der Waals surface area (Å²) in [5, 5.41) is 0. The van der Waals surface area contributed by atoms with E-state index in [4.69, 9.17) is 0 Å². The molecule has 0 heteroatoms. The summed E-state index contributed by atoms with van der Waals surface area (Å²) < 4.78 is 0. The molecule has 0 aromatic heterocycles. The van der Waals surface area contributed by atoms with Gasteiger partial charge >= 0.3 is 0 Å². The second-order valence-electron chi connectivity index (χ2n) is 2.44. The van der Waals surface area contributed by atoms with E-state index in [1.807, 2.05) is 0 Å². The zero-order valence-corrected chi connectivity index (χ0v) is 3.78. The Hall–Kier alpha value is -0.440. The molecule has 0 N–H and O–H groups in total. The third kappa shape index (κ3) is 0.110. The Labute approximate surface area is 37.6 Å². The molecule has 0 spiro atoms. The van der Waals surface area contributed by atoms with Gasteiger partial charge in [0, 0.05) is 11.3 Å². The van der Waals surface area contributed by atoms with Crippen LogP contribution in [0.25, 0.3) is 0 Å². The summed E-state index contributed by atoms with van der Waals surface area (Å²) in [5.41, 5.74) is 0.528. The predicted octanol–water partition coefficient (Wildman–Crippen LogP) is 1.03. The molecule has 0 aliphatic heterocycles. The van der Waals surface area contributed by atoms with Crippen molar-refractivity contribution >= 4 is 0 Å². The van der Waals surface area contributed by atoms with E-state index in [9.17, 15) is 0 Å². The Morgan fingerprint density at radius 3 is 2.50 bits per heavy atom. The Bertz CT molecular complexity index is 147. The molecule has 0 aromatic rings. The number of hydrogen-bond acceptors (Lipinski definition) is 0. The molecule has 1 fully saturated rings. The maximum Gasteiger partial charge on any atom is 0.0436 e. The summed E-state index contributed by atoms with van der Waals surface area (Å²) in [5.74, 6) is 7.00. The fraction of sp³-hybridized carbons (Fsp3) is 0.667. The molecule has 2 aliphatic carbocycles. The Kier molecular flexibility index (Phi) is 0.194. The highest BCUT2D eigenvalue weighted by atomic mass is 14.5. The van der Waals surface area contributed by atoms with Crippen LogP contribution in [0.1, 0.15) is 13.3 Å². The van der Waals surface area contributed by atoms with Crippen LogP contribution < -0.4 is 0 Å². The molecule has 1 saturated carbocycles. The van der Waals surface area contributed by atoms with Crippen molar-refractivity contribution in [2.75, 3.05) is 0 Å². The van der Waals surface area contributed by atoms with Crippen LogP contribution in [-0.4, -0.2) is 0 Å². The quantitative estimate of drug-likeness (QED) is 0.379. The van der Waals surface area contributed by atoms with Crippen LogP contribution in [0.15, 0.2) is 0 Å². The average Bonchev–Trinajstić information content (AvgIpc) is 1.88. The van der Waals surface area contributed by atoms with Crippen LogP contribution in [0.2, 0.25) is 0 Å². The first-order valence-electron chi connectivity index (χ1n) is 2.34. The smallest absolute Gasteiger partial charge is 0.0436 e. The highest BCUT2D eigenvalue weighted by Gasteiger charge is 2.53. The van der Waals surface area contributed by atoms with Crippen LogP contribution in [0.5, 0.6) is 0 Å². The Balaban J connectivity index is 2.50. The van der Waals surface area contributed by atoms with E-state index in [2.05, 4.69) is 18.8 Å². The molecule has 6 heavy (non-hydrogen) atoms. The van der Waals surface area contributed by atoms with Crippen molar-refractivity contribution in [1.82, 2.24) is 0 Å². The second kappa shape index (κ2) is 0.432. The van der Waals surface area contributed by atoms with Crippen molar-refractivity contribution in [3.05, 3.63) is 0 Å². The summed E-state index contributed by atoms with van der Waals surface area (Å²) in [7, 11) is 0. The van der Waals surface area contributed by atoms with Gasteiger partial charge in [-0.15, -0.1) is 0 Å². The van der Waals surface area contributed by atoms with Crippen molar-refractivity contribution in [3.8, 4) is 11.8 Å². The molecular formula is C6H6. The standard InChI is InChI=1S/C6H6/c1-6-3-2-5(6)4-6/h5H,4H2,1H3. The molecule has 2 aliphatic rings. The van der Waals surface area contributed by atoms with Crippen molar-refractivity contribution < 1.29 is 0 Å². The molecule has 0 bridgehead atoms. The minimum Gasteiger partial charge on any atom is -0.0976 e. The molecule has 30 valence electrons. The Morgan fingerprint density at radius 1 is 1.83 bits per heavy atom. The van der Waals surface area contributed by atoms with E-state index < -0.39 is 0 Å². The average molecular weight is 78.1 g/mol. The van der Waals surface area contributed by atoms with Gasteiger partial charge in [-0.25, -0.2) is 0 Å². The van der Waals surface area contributed by atoms with Gasteiger partial charge in [-0.2, -0.15) is 0 Å². The molecule has 2 unspecified atom stereocenters. The highest BCUT2D eigenvalue weighted by molar-refractivity contribution is 5.39. The fourth-order valence-electron chi connectivity index (χ4n) is 0.888. The van der Waals surface area contributed by atoms with E-state index in [1.54, 1.807) is 0 Å². The summed E-state index contributed by atoms with van der Waals surface area (Å²) >= 11 is 0. The number of fused-ring (bicyclic) bond motifs is 1. The topological polar surface area (TPSA) is 0 Å². The maximum atomic E-state index is 3.11. The molecule has 0 nitrogen and oxygen atoms in total. The van der Waals surface area contributed by atoms with Gasteiger partial charge in [0.25, 0.3) is 0 Å². The van der Waals surface area contributed by atoms with E-state index in [0.29, 0.717) is 5.41 Å². The molecule has 0 aromatic carbocycles. The predicted molar refractivity (Wildman–Crippen MR) is 24.0 cm³/mol. The second-order valence-corrected chi connectivity index (χ2v) is 2.44. The van der Waals surface area contributed by atoms with Crippen molar-refractivity contribution in [2.24, 2.45) is 11.3 Å².